The number of ether oxygens (including phenoxy) is 1. The van der Waals surface area contributed by atoms with Crippen LogP contribution in [0.25, 0.3) is 0 Å². The first-order chi connectivity index (χ1) is 10.4. The van der Waals surface area contributed by atoms with Crippen molar-refractivity contribution in [2.45, 2.75) is 39.5 Å². The monoisotopic (exact) mass is 304 g/mol. The molecule has 0 radical (unpaired) electrons. The standard InChI is InChI=1S/C18H28N2O2/c1-14(2)15-4-6-16(7-5-15)22-11-8-17(21)20-10-9-18(3,12-19)13-20/h4-7,14H,8-13,19H2,1-3H3. The number of hydrogen-bond donors (Lipinski definition) is 1. The molecule has 1 fully saturated rings. The average molecular weight is 304 g/mol. The van der Waals surface area contributed by atoms with Crippen molar-refractivity contribution in [3.63, 3.8) is 0 Å². The van der Waals surface area contributed by atoms with Gasteiger partial charge in [0.25, 0.3) is 0 Å². The number of benzene rings is 1. The van der Waals surface area contributed by atoms with E-state index in [1.165, 1.54) is 5.56 Å². The second-order valence-electron chi connectivity index (χ2n) is 6.90. The van der Waals surface area contributed by atoms with Gasteiger partial charge in [0.2, 0.25) is 5.91 Å². The van der Waals surface area contributed by atoms with E-state index in [1.54, 1.807) is 0 Å². The lowest BCUT2D eigenvalue weighted by Gasteiger charge is -2.22. The van der Waals surface area contributed by atoms with Crippen molar-refractivity contribution in [3.05, 3.63) is 29.8 Å². The van der Waals surface area contributed by atoms with Crippen molar-refractivity contribution in [1.29, 1.82) is 0 Å². The fraction of sp³-hybridized carbons (Fsp3) is 0.611. The van der Waals surface area contributed by atoms with Gasteiger partial charge in [-0.25, -0.2) is 0 Å². The summed E-state index contributed by atoms with van der Waals surface area (Å²) in [5, 5.41) is 0. The molecule has 0 saturated carbocycles. The Morgan fingerprint density at radius 2 is 2.05 bits per heavy atom. The molecule has 1 unspecified atom stereocenters. The van der Waals surface area contributed by atoms with Crippen molar-refractivity contribution >= 4 is 5.91 Å². The van der Waals surface area contributed by atoms with Crippen LogP contribution >= 0.6 is 0 Å². The van der Waals surface area contributed by atoms with Crippen molar-refractivity contribution in [1.82, 2.24) is 4.90 Å². The van der Waals surface area contributed by atoms with Gasteiger partial charge in [-0.3, -0.25) is 4.79 Å². The topological polar surface area (TPSA) is 55.6 Å². The smallest absolute Gasteiger partial charge is 0.226 e. The van der Waals surface area contributed by atoms with Gasteiger partial charge >= 0.3 is 0 Å². The average Bonchev–Trinajstić information content (AvgIpc) is 2.91. The Morgan fingerprint density at radius 1 is 1.36 bits per heavy atom. The molecule has 1 aliphatic heterocycles. The zero-order valence-corrected chi connectivity index (χ0v) is 14.0. The molecule has 1 aliphatic rings. The molecular formula is C18H28N2O2. The quantitative estimate of drug-likeness (QED) is 0.879. The lowest BCUT2D eigenvalue weighted by Crippen LogP contribution is -2.35. The maximum Gasteiger partial charge on any atom is 0.226 e. The van der Waals surface area contributed by atoms with Gasteiger partial charge in [0.1, 0.15) is 5.75 Å². The van der Waals surface area contributed by atoms with E-state index in [2.05, 4.69) is 32.9 Å². The Kier molecular flexibility index (Phi) is 5.46. The lowest BCUT2D eigenvalue weighted by atomic mass is 9.90. The first-order valence-corrected chi connectivity index (χ1v) is 8.14. The highest BCUT2D eigenvalue weighted by Crippen LogP contribution is 2.28. The highest BCUT2D eigenvalue weighted by Gasteiger charge is 2.34. The summed E-state index contributed by atoms with van der Waals surface area (Å²) >= 11 is 0. The molecule has 0 aliphatic carbocycles. The molecule has 4 heteroatoms. The Morgan fingerprint density at radius 3 is 2.59 bits per heavy atom. The first kappa shape index (κ1) is 16.8. The van der Waals surface area contributed by atoms with E-state index in [4.69, 9.17) is 10.5 Å². The van der Waals surface area contributed by atoms with E-state index >= 15 is 0 Å². The van der Waals surface area contributed by atoms with Gasteiger partial charge in [0.15, 0.2) is 0 Å². The molecule has 1 amide bonds. The van der Waals surface area contributed by atoms with E-state index in [0.29, 0.717) is 25.5 Å². The number of carbonyl (C=O) groups is 1. The summed E-state index contributed by atoms with van der Waals surface area (Å²) in [7, 11) is 0. The maximum atomic E-state index is 12.2. The van der Waals surface area contributed by atoms with Crippen LogP contribution in [0.1, 0.15) is 45.1 Å². The van der Waals surface area contributed by atoms with E-state index < -0.39 is 0 Å². The fourth-order valence-corrected chi connectivity index (χ4v) is 2.77. The van der Waals surface area contributed by atoms with Crippen molar-refractivity contribution in [2.24, 2.45) is 11.1 Å². The molecule has 22 heavy (non-hydrogen) atoms. The van der Waals surface area contributed by atoms with Gasteiger partial charge in [-0.05, 0) is 42.0 Å². The van der Waals surface area contributed by atoms with Crippen molar-refractivity contribution < 1.29 is 9.53 Å². The predicted molar refractivity (Wildman–Crippen MR) is 89.0 cm³/mol. The maximum absolute atomic E-state index is 12.2. The lowest BCUT2D eigenvalue weighted by molar-refractivity contribution is -0.131. The van der Waals surface area contributed by atoms with E-state index in [9.17, 15) is 4.79 Å². The summed E-state index contributed by atoms with van der Waals surface area (Å²) in [6.45, 7) is 9.12. The highest BCUT2D eigenvalue weighted by molar-refractivity contribution is 5.76. The minimum absolute atomic E-state index is 0.0865. The summed E-state index contributed by atoms with van der Waals surface area (Å²) in [5.74, 6) is 1.50. The SMILES string of the molecule is CC(C)c1ccc(OCCC(=O)N2CCC(C)(CN)C2)cc1. The Balaban J connectivity index is 1.75. The molecule has 2 N–H and O–H groups in total. The Labute approximate surface area is 133 Å². The number of carbonyl (C=O) groups excluding carboxylic acids is 1. The van der Waals surface area contributed by atoms with Crippen LogP contribution in [0.5, 0.6) is 5.75 Å². The van der Waals surface area contributed by atoms with Crippen LogP contribution < -0.4 is 10.5 Å². The molecule has 0 aromatic heterocycles. The summed E-state index contributed by atoms with van der Waals surface area (Å²) in [6.07, 6.45) is 1.42. The van der Waals surface area contributed by atoms with Crippen LogP contribution in [-0.4, -0.2) is 37.0 Å². The molecular weight excluding hydrogens is 276 g/mol. The third kappa shape index (κ3) is 4.23. The molecule has 4 nitrogen and oxygen atoms in total. The molecule has 1 aromatic rings. The summed E-state index contributed by atoms with van der Waals surface area (Å²) in [5.41, 5.74) is 7.16. The molecule has 1 aromatic carbocycles. The van der Waals surface area contributed by atoms with Gasteiger partial charge in [-0.1, -0.05) is 32.9 Å². The van der Waals surface area contributed by atoms with Crippen molar-refractivity contribution in [2.75, 3.05) is 26.2 Å². The minimum atomic E-state index is 0.0865. The van der Waals surface area contributed by atoms with Gasteiger partial charge in [0.05, 0.1) is 13.0 Å². The van der Waals surface area contributed by atoms with Gasteiger partial charge < -0.3 is 15.4 Å². The summed E-state index contributed by atoms with van der Waals surface area (Å²) in [6, 6.07) is 8.10. The summed E-state index contributed by atoms with van der Waals surface area (Å²) < 4.78 is 5.68. The number of nitrogens with two attached hydrogens (primary N) is 1. The number of hydrogen-bond acceptors (Lipinski definition) is 3. The fourth-order valence-electron chi connectivity index (χ4n) is 2.77. The number of likely N-dealkylation sites (tertiary alicyclic amines) is 1. The molecule has 0 spiro atoms. The van der Waals surface area contributed by atoms with Crippen LogP contribution in [0.15, 0.2) is 24.3 Å². The first-order valence-electron chi connectivity index (χ1n) is 8.14. The zero-order valence-electron chi connectivity index (χ0n) is 14.0. The van der Waals surface area contributed by atoms with Gasteiger partial charge in [-0.15, -0.1) is 0 Å². The van der Waals surface area contributed by atoms with E-state index in [1.807, 2.05) is 17.0 Å². The van der Waals surface area contributed by atoms with Crippen LogP contribution in [0, 0.1) is 5.41 Å². The number of amides is 1. The number of nitrogens with zero attached hydrogens (tertiary/aromatic N) is 1. The third-order valence-corrected chi connectivity index (χ3v) is 4.53. The Hall–Kier alpha value is -1.55. The molecule has 1 saturated heterocycles. The van der Waals surface area contributed by atoms with Crippen molar-refractivity contribution in [3.8, 4) is 5.75 Å². The second kappa shape index (κ2) is 7.14. The minimum Gasteiger partial charge on any atom is -0.493 e. The second-order valence-corrected chi connectivity index (χ2v) is 6.90. The molecule has 1 heterocycles. The zero-order chi connectivity index (χ0) is 16.2. The van der Waals surface area contributed by atoms with Crippen LogP contribution in [0.3, 0.4) is 0 Å². The molecule has 122 valence electrons. The van der Waals surface area contributed by atoms with Crippen LogP contribution in [-0.2, 0) is 4.79 Å². The molecule has 2 rings (SSSR count). The Bertz CT molecular complexity index is 498. The van der Waals surface area contributed by atoms with E-state index in [0.717, 1.165) is 25.3 Å². The van der Waals surface area contributed by atoms with E-state index in [-0.39, 0.29) is 11.3 Å². The normalized spacial score (nSPS) is 21.4. The molecule has 0 bridgehead atoms. The third-order valence-electron chi connectivity index (χ3n) is 4.53. The largest absolute Gasteiger partial charge is 0.493 e. The predicted octanol–water partition coefficient (Wildman–Crippen LogP) is 2.78. The van der Waals surface area contributed by atoms with Gasteiger partial charge in [0, 0.05) is 13.1 Å². The number of rotatable bonds is 6. The summed E-state index contributed by atoms with van der Waals surface area (Å²) in [4.78, 5) is 14.1. The van der Waals surface area contributed by atoms with Crippen LogP contribution in [0.2, 0.25) is 0 Å². The van der Waals surface area contributed by atoms with Crippen LogP contribution in [0.4, 0.5) is 0 Å². The molecule has 1 atom stereocenters. The highest BCUT2D eigenvalue weighted by atomic mass is 16.5. The van der Waals surface area contributed by atoms with Gasteiger partial charge in [-0.2, -0.15) is 0 Å².